The Hall–Kier alpha value is -3.14. The van der Waals surface area contributed by atoms with Crippen LogP contribution in [0.5, 0.6) is 0 Å². The van der Waals surface area contributed by atoms with E-state index in [1.807, 2.05) is 37.3 Å². The molecular weight excluding hydrogens is 517 g/mol. The third kappa shape index (κ3) is 5.23. The number of aliphatic hydroxyl groups is 2. The van der Waals surface area contributed by atoms with Crippen molar-refractivity contribution < 1.29 is 24.2 Å². The molecule has 9 heteroatoms. The molecule has 39 heavy (non-hydrogen) atoms. The van der Waals surface area contributed by atoms with Gasteiger partial charge < -0.3 is 15.5 Å². The molecule has 7 nitrogen and oxygen atoms in total. The SMILES string of the molecule is C[C@]1(CO)[C@H]2Cc3sc(NC(=O)c4ccc(F)cc4)nc3[C@@H](CC(=O)NCc3ccccc3)[C@]2(C)CC[C@H]1O. The number of rotatable bonds is 7. The van der Waals surface area contributed by atoms with E-state index in [9.17, 15) is 24.2 Å². The van der Waals surface area contributed by atoms with Crippen molar-refractivity contribution in [3.05, 3.63) is 82.1 Å². The smallest absolute Gasteiger partial charge is 0.257 e. The standard InChI is InChI=1S/C30H34FN3O4S/c1-29-13-12-24(36)30(2,17-35)23(29)15-22-26(21(29)14-25(37)32-16-18-6-4-3-5-7-18)33-28(39-22)34-27(38)19-8-10-20(31)11-9-19/h3-11,21,23-24,35-36H,12-17H2,1-2H3,(H,32,37)(H,33,34,38)/t21-,23+,24-,29+,30+/m1/s1. The number of thiazole rings is 1. The van der Waals surface area contributed by atoms with Gasteiger partial charge in [0.2, 0.25) is 5.91 Å². The highest BCUT2D eigenvalue weighted by Crippen LogP contribution is 2.62. The van der Waals surface area contributed by atoms with E-state index in [0.717, 1.165) is 16.1 Å². The molecule has 0 saturated heterocycles. The molecule has 2 aliphatic carbocycles. The summed E-state index contributed by atoms with van der Waals surface area (Å²) in [5, 5.41) is 27.7. The summed E-state index contributed by atoms with van der Waals surface area (Å²) >= 11 is 1.36. The molecule has 2 aromatic carbocycles. The number of amides is 2. The van der Waals surface area contributed by atoms with E-state index < -0.39 is 23.2 Å². The minimum Gasteiger partial charge on any atom is -0.396 e. The van der Waals surface area contributed by atoms with Gasteiger partial charge >= 0.3 is 0 Å². The first-order chi connectivity index (χ1) is 18.6. The average molecular weight is 552 g/mol. The molecule has 0 radical (unpaired) electrons. The van der Waals surface area contributed by atoms with Gasteiger partial charge in [-0.3, -0.25) is 14.9 Å². The molecule has 206 valence electrons. The number of anilines is 1. The summed E-state index contributed by atoms with van der Waals surface area (Å²) in [4.78, 5) is 31.9. The molecule has 1 aromatic heterocycles. The lowest BCUT2D eigenvalue weighted by Crippen LogP contribution is -2.57. The fourth-order valence-corrected chi connectivity index (χ4v) is 7.59. The zero-order chi connectivity index (χ0) is 27.8. The fraction of sp³-hybridized carbons (Fsp3) is 0.433. The predicted octanol–water partition coefficient (Wildman–Crippen LogP) is 4.66. The minimum atomic E-state index is -0.731. The zero-order valence-electron chi connectivity index (χ0n) is 22.1. The normalized spacial score (nSPS) is 27.8. The summed E-state index contributed by atoms with van der Waals surface area (Å²) in [6.45, 7) is 4.33. The molecule has 0 spiro atoms. The molecule has 4 N–H and O–H groups in total. The van der Waals surface area contributed by atoms with Crippen LogP contribution in [0.4, 0.5) is 9.52 Å². The summed E-state index contributed by atoms with van der Waals surface area (Å²) in [6, 6.07) is 15.0. The maximum absolute atomic E-state index is 13.3. The summed E-state index contributed by atoms with van der Waals surface area (Å²) < 4.78 is 13.3. The molecule has 5 atom stereocenters. The van der Waals surface area contributed by atoms with Gasteiger partial charge in [0.1, 0.15) is 5.82 Å². The van der Waals surface area contributed by atoms with Gasteiger partial charge in [-0.1, -0.05) is 44.2 Å². The van der Waals surface area contributed by atoms with Gasteiger partial charge in [-0.25, -0.2) is 9.37 Å². The maximum atomic E-state index is 13.3. The number of carbonyl (C=O) groups is 2. The second-order valence-corrected chi connectivity index (χ2v) is 12.4. The number of halogens is 1. The molecule has 1 saturated carbocycles. The number of fused-ring (bicyclic) bond motifs is 2. The zero-order valence-corrected chi connectivity index (χ0v) is 22.9. The maximum Gasteiger partial charge on any atom is 0.257 e. The number of carbonyl (C=O) groups excluding carboxylic acids is 2. The minimum absolute atomic E-state index is 0.0840. The molecule has 0 unspecified atom stereocenters. The van der Waals surface area contributed by atoms with E-state index in [1.54, 1.807) is 0 Å². The van der Waals surface area contributed by atoms with Crippen LogP contribution in [-0.4, -0.2) is 39.7 Å². The van der Waals surface area contributed by atoms with Gasteiger partial charge in [0.05, 0.1) is 18.4 Å². The number of hydrogen-bond donors (Lipinski definition) is 4. The first-order valence-electron chi connectivity index (χ1n) is 13.3. The molecule has 1 fully saturated rings. The topological polar surface area (TPSA) is 112 Å². The summed E-state index contributed by atoms with van der Waals surface area (Å²) in [6.07, 6.45) is 1.37. The Morgan fingerprint density at radius 3 is 2.54 bits per heavy atom. The Morgan fingerprint density at radius 2 is 1.85 bits per heavy atom. The monoisotopic (exact) mass is 551 g/mol. The highest BCUT2D eigenvalue weighted by molar-refractivity contribution is 7.15. The van der Waals surface area contributed by atoms with Crippen LogP contribution in [0.2, 0.25) is 0 Å². The van der Waals surface area contributed by atoms with Crippen molar-refractivity contribution in [3.8, 4) is 0 Å². The Bertz CT molecular complexity index is 1350. The lowest BCUT2D eigenvalue weighted by molar-refractivity contribution is -0.144. The number of hydrogen-bond acceptors (Lipinski definition) is 6. The fourth-order valence-electron chi connectivity index (χ4n) is 6.52. The van der Waals surface area contributed by atoms with Crippen molar-refractivity contribution in [2.45, 2.75) is 58.1 Å². The molecule has 0 aliphatic heterocycles. The first kappa shape index (κ1) is 27.4. The van der Waals surface area contributed by atoms with Crippen LogP contribution in [0.15, 0.2) is 54.6 Å². The second-order valence-electron chi connectivity index (χ2n) is 11.3. The number of nitrogens with zero attached hydrogens (tertiary/aromatic N) is 1. The number of benzene rings is 2. The van der Waals surface area contributed by atoms with E-state index in [4.69, 9.17) is 4.98 Å². The largest absolute Gasteiger partial charge is 0.396 e. The molecular formula is C30H34FN3O4S. The molecule has 0 bridgehead atoms. The third-order valence-corrected chi connectivity index (χ3v) is 9.95. The van der Waals surface area contributed by atoms with E-state index in [-0.39, 0.29) is 36.2 Å². The van der Waals surface area contributed by atoms with Gasteiger partial charge in [0.15, 0.2) is 5.13 Å². The van der Waals surface area contributed by atoms with E-state index in [2.05, 4.69) is 17.6 Å². The lowest BCUT2D eigenvalue weighted by atomic mass is 9.47. The lowest BCUT2D eigenvalue weighted by Gasteiger charge is -2.58. The number of nitrogens with one attached hydrogen (secondary N) is 2. The van der Waals surface area contributed by atoms with Gasteiger partial charge in [-0.05, 0) is 60.4 Å². The Labute approximate surface area is 231 Å². The van der Waals surface area contributed by atoms with Crippen molar-refractivity contribution in [2.75, 3.05) is 11.9 Å². The van der Waals surface area contributed by atoms with Crippen LogP contribution in [0.25, 0.3) is 0 Å². The van der Waals surface area contributed by atoms with Crippen LogP contribution in [-0.2, 0) is 17.8 Å². The van der Waals surface area contributed by atoms with Crippen molar-refractivity contribution >= 4 is 28.3 Å². The van der Waals surface area contributed by atoms with Crippen molar-refractivity contribution in [1.82, 2.24) is 10.3 Å². The van der Waals surface area contributed by atoms with Crippen molar-refractivity contribution in [3.63, 3.8) is 0 Å². The molecule has 3 aromatic rings. The van der Waals surface area contributed by atoms with Gasteiger partial charge in [0.25, 0.3) is 5.91 Å². The number of aromatic nitrogens is 1. The van der Waals surface area contributed by atoms with Gasteiger partial charge in [-0.2, -0.15) is 0 Å². The van der Waals surface area contributed by atoms with Gasteiger partial charge in [0, 0.05) is 34.7 Å². The highest BCUT2D eigenvalue weighted by Gasteiger charge is 2.59. The van der Waals surface area contributed by atoms with E-state index in [1.165, 1.54) is 35.6 Å². The van der Waals surface area contributed by atoms with Crippen molar-refractivity contribution in [2.24, 2.45) is 16.7 Å². The second kappa shape index (κ2) is 10.8. The third-order valence-electron chi connectivity index (χ3n) is 8.94. The quantitative estimate of drug-likeness (QED) is 0.341. The number of aliphatic hydroxyl groups excluding tert-OH is 2. The van der Waals surface area contributed by atoms with Crippen LogP contribution >= 0.6 is 11.3 Å². The Morgan fingerprint density at radius 1 is 1.13 bits per heavy atom. The van der Waals surface area contributed by atoms with Crippen molar-refractivity contribution in [1.29, 1.82) is 0 Å². The Balaban J connectivity index is 1.45. The van der Waals surface area contributed by atoms with Crippen LogP contribution < -0.4 is 10.6 Å². The summed E-state index contributed by atoms with van der Waals surface area (Å²) in [5.41, 5.74) is 0.996. The van der Waals surface area contributed by atoms with Crippen LogP contribution in [0, 0.1) is 22.6 Å². The molecule has 2 amide bonds. The summed E-state index contributed by atoms with van der Waals surface area (Å²) in [7, 11) is 0. The molecule has 1 heterocycles. The summed E-state index contributed by atoms with van der Waals surface area (Å²) in [5.74, 6) is -1.25. The molecule has 2 aliphatic rings. The highest BCUT2D eigenvalue weighted by atomic mass is 32.1. The average Bonchev–Trinajstić information content (AvgIpc) is 3.34. The van der Waals surface area contributed by atoms with Crippen LogP contribution in [0.3, 0.4) is 0 Å². The van der Waals surface area contributed by atoms with E-state index in [0.29, 0.717) is 36.5 Å². The predicted molar refractivity (Wildman–Crippen MR) is 148 cm³/mol. The first-order valence-corrected chi connectivity index (χ1v) is 14.1. The Kier molecular flexibility index (Phi) is 7.59. The van der Waals surface area contributed by atoms with Crippen LogP contribution in [0.1, 0.15) is 65.5 Å². The van der Waals surface area contributed by atoms with Gasteiger partial charge in [-0.15, -0.1) is 11.3 Å². The van der Waals surface area contributed by atoms with E-state index >= 15 is 0 Å². The molecule has 5 rings (SSSR count).